The highest BCUT2D eigenvalue weighted by atomic mass is 15.2. The smallest absolute Gasteiger partial charge is 0.127 e. The van der Waals surface area contributed by atoms with E-state index in [0.717, 1.165) is 24.3 Å². The Morgan fingerprint density at radius 3 is 2.58 bits per heavy atom. The monoisotopic (exact) mass is 259 g/mol. The van der Waals surface area contributed by atoms with E-state index in [-0.39, 0.29) is 11.6 Å². The predicted molar refractivity (Wildman–Crippen MR) is 81.4 cm³/mol. The second-order valence-electron chi connectivity index (χ2n) is 6.14. The van der Waals surface area contributed by atoms with Crippen LogP contribution in [0.4, 0.5) is 0 Å². The summed E-state index contributed by atoms with van der Waals surface area (Å²) in [6.07, 6.45) is 1.14. The summed E-state index contributed by atoms with van der Waals surface area (Å²) in [5.74, 6) is 1.13. The van der Waals surface area contributed by atoms with E-state index in [1.807, 2.05) is 0 Å². The molecule has 0 radical (unpaired) electrons. The first-order valence-corrected chi connectivity index (χ1v) is 7.16. The molecular weight excluding hydrogens is 234 g/mol. The zero-order valence-electron chi connectivity index (χ0n) is 12.7. The van der Waals surface area contributed by atoms with Gasteiger partial charge in [0.2, 0.25) is 0 Å². The van der Waals surface area contributed by atoms with E-state index in [1.165, 1.54) is 5.52 Å². The average molecular weight is 259 g/mol. The van der Waals surface area contributed by atoms with Gasteiger partial charge in [0.15, 0.2) is 0 Å². The van der Waals surface area contributed by atoms with Crippen LogP contribution >= 0.6 is 0 Å². The van der Waals surface area contributed by atoms with Crippen molar-refractivity contribution in [2.24, 2.45) is 0 Å². The van der Waals surface area contributed by atoms with Crippen LogP contribution in [-0.4, -0.2) is 16.1 Å². The third-order valence-electron chi connectivity index (χ3n) is 3.35. The largest absolute Gasteiger partial charge is 0.321 e. The van der Waals surface area contributed by atoms with Gasteiger partial charge in [-0.3, -0.25) is 0 Å². The summed E-state index contributed by atoms with van der Waals surface area (Å²) in [7, 11) is 0. The Morgan fingerprint density at radius 1 is 1.26 bits per heavy atom. The first kappa shape index (κ1) is 14.1. The number of hydrogen-bond acceptors (Lipinski definition) is 2. The number of fused-ring (bicyclic) bond motifs is 1. The summed E-state index contributed by atoms with van der Waals surface area (Å²) in [6.45, 7) is 12.1. The molecule has 1 aromatic carbocycles. The fourth-order valence-electron chi connectivity index (χ4n) is 2.49. The molecule has 1 unspecified atom stereocenters. The first-order valence-electron chi connectivity index (χ1n) is 7.16. The maximum absolute atomic E-state index is 4.83. The van der Waals surface area contributed by atoms with Crippen molar-refractivity contribution in [3.05, 3.63) is 30.1 Å². The lowest BCUT2D eigenvalue weighted by molar-refractivity contribution is 0.374. The number of nitrogens with one attached hydrogen (secondary N) is 1. The predicted octanol–water partition coefficient (Wildman–Crippen LogP) is 3.85. The van der Waals surface area contributed by atoms with E-state index in [9.17, 15) is 0 Å². The van der Waals surface area contributed by atoms with Crippen LogP contribution in [0.1, 0.15) is 52.9 Å². The van der Waals surface area contributed by atoms with Crippen LogP contribution < -0.4 is 5.32 Å². The minimum Gasteiger partial charge on any atom is -0.321 e. The van der Waals surface area contributed by atoms with Gasteiger partial charge in [-0.2, -0.15) is 0 Å². The van der Waals surface area contributed by atoms with Gasteiger partial charge in [-0.15, -0.1) is 0 Å². The quantitative estimate of drug-likeness (QED) is 0.903. The van der Waals surface area contributed by atoms with Gasteiger partial charge in [0.1, 0.15) is 5.82 Å². The van der Waals surface area contributed by atoms with E-state index >= 15 is 0 Å². The number of imidazole rings is 1. The Bertz CT molecular complexity index is 549. The molecule has 0 aliphatic carbocycles. The Labute approximate surface area is 116 Å². The molecule has 0 aliphatic heterocycles. The van der Waals surface area contributed by atoms with Gasteiger partial charge in [-0.05, 0) is 52.8 Å². The molecule has 0 saturated heterocycles. The van der Waals surface area contributed by atoms with Crippen LogP contribution in [0.15, 0.2) is 24.3 Å². The fraction of sp³-hybridized carbons (Fsp3) is 0.562. The maximum atomic E-state index is 4.83. The summed E-state index contributed by atoms with van der Waals surface area (Å²) in [5.41, 5.74) is 2.33. The van der Waals surface area contributed by atoms with Crippen LogP contribution in [0.2, 0.25) is 0 Å². The molecule has 0 saturated carbocycles. The molecule has 1 aromatic heterocycles. The Kier molecular flexibility index (Phi) is 3.95. The second kappa shape index (κ2) is 5.33. The molecule has 0 spiro atoms. The summed E-state index contributed by atoms with van der Waals surface area (Å²) in [5, 5.41) is 3.54. The van der Waals surface area contributed by atoms with Gasteiger partial charge in [0, 0.05) is 5.54 Å². The molecule has 2 aromatic rings. The van der Waals surface area contributed by atoms with E-state index < -0.39 is 0 Å². The Morgan fingerprint density at radius 2 is 1.95 bits per heavy atom. The van der Waals surface area contributed by atoms with E-state index in [0.29, 0.717) is 0 Å². The van der Waals surface area contributed by atoms with Gasteiger partial charge in [0.05, 0.1) is 17.1 Å². The molecule has 0 amide bonds. The molecule has 2 rings (SSSR count). The molecule has 1 atom stereocenters. The van der Waals surface area contributed by atoms with Crippen molar-refractivity contribution in [1.82, 2.24) is 14.9 Å². The van der Waals surface area contributed by atoms with Crippen LogP contribution in [0.5, 0.6) is 0 Å². The topological polar surface area (TPSA) is 29.9 Å². The molecule has 1 N–H and O–H groups in total. The maximum Gasteiger partial charge on any atom is 0.127 e. The molecule has 104 valence electrons. The van der Waals surface area contributed by atoms with Crippen molar-refractivity contribution < 1.29 is 0 Å². The van der Waals surface area contributed by atoms with Gasteiger partial charge >= 0.3 is 0 Å². The molecule has 0 fully saturated rings. The molecular formula is C16H25N3. The summed E-state index contributed by atoms with van der Waals surface area (Å²) < 4.78 is 2.36. The van der Waals surface area contributed by atoms with Crippen molar-refractivity contribution in [2.75, 3.05) is 6.54 Å². The van der Waals surface area contributed by atoms with Crippen molar-refractivity contribution in [2.45, 2.75) is 52.6 Å². The van der Waals surface area contributed by atoms with E-state index in [4.69, 9.17) is 4.98 Å². The van der Waals surface area contributed by atoms with Gasteiger partial charge in [0.25, 0.3) is 0 Å². The number of aromatic nitrogens is 2. The number of nitrogens with zero attached hydrogens (tertiary/aromatic N) is 2. The molecule has 0 bridgehead atoms. The lowest BCUT2D eigenvalue weighted by atomic mass is 10.1. The lowest BCUT2D eigenvalue weighted by Crippen LogP contribution is -2.29. The second-order valence-corrected chi connectivity index (χ2v) is 6.14. The lowest BCUT2D eigenvalue weighted by Gasteiger charge is -2.27. The van der Waals surface area contributed by atoms with E-state index in [1.54, 1.807) is 0 Å². The fourth-order valence-corrected chi connectivity index (χ4v) is 2.49. The summed E-state index contributed by atoms with van der Waals surface area (Å²) >= 11 is 0. The normalized spacial score (nSPS) is 13.9. The SMILES string of the molecule is CCCNC(C)c1nc2ccccc2n1C(C)(C)C. The highest BCUT2D eigenvalue weighted by Gasteiger charge is 2.23. The molecule has 19 heavy (non-hydrogen) atoms. The van der Waals surface area contributed by atoms with E-state index in [2.05, 4.69) is 68.8 Å². The minimum absolute atomic E-state index is 0.0353. The standard InChI is InChI=1S/C16H25N3/c1-6-11-17-12(2)15-18-13-9-7-8-10-14(13)19(15)16(3,4)5/h7-10,12,17H,6,11H2,1-5H3. The zero-order valence-corrected chi connectivity index (χ0v) is 12.7. The third kappa shape index (κ3) is 2.81. The highest BCUT2D eigenvalue weighted by Crippen LogP contribution is 2.28. The Balaban J connectivity index is 2.53. The first-order chi connectivity index (χ1) is 8.95. The molecule has 0 aliphatic rings. The Hall–Kier alpha value is -1.35. The molecule has 3 heteroatoms. The minimum atomic E-state index is 0.0353. The molecule has 3 nitrogen and oxygen atoms in total. The number of hydrogen-bond donors (Lipinski definition) is 1. The van der Waals surface area contributed by atoms with Crippen LogP contribution in [0.3, 0.4) is 0 Å². The van der Waals surface area contributed by atoms with Crippen molar-refractivity contribution >= 4 is 11.0 Å². The molecule has 1 heterocycles. The average Bonchev–Trinajstić information content (AvgIpc) is 2.74. The van der Waals surface area contributed by atoms with Crippen molar-refractivity contribution in [3.63, 3.8) is 0 Å². The third-order valence-corrected chi connectivity index (χ3v) is 3.35. The number of benzene rings is 1. The summed E-state index contributed by atoms with van der Waals surface area (Å²) in [6, 6.07) is 8.65. The van der Waals surface area contributed by atoms with Gasteiger partial charge < -0.3 is 9.88 Å². The van der Waals surface area contributed by atoms with Crippen LogP contribution in [-0.2, 0) is 5.54 Å². The number of para-hydroxylation sites is 2. The number of rotatable bonds is 4. The van der Waals surface area contributed by atoms with Crippen LogP contribution in [0, 0.1) is 0 Å². The zero-order chi connectivity index (χ0) is 14.0. The van der Waals surface area contributed by atoms with Crippen LogP contribution in [0.25, 0.3) is 11.0 Å². The summed E-state index contributed by atoms with van der Waals surface area (Å²) in [4.78, 5) is 4.83. The van der Waals surface area contributed by atoms with Gasteiger partial charge in [-0.25, -0.2) is 4.98 Å². The van der Waals surface area contributed by atoms with Crippen molar-refractivity contribution in [1.29, 1.82) is 0 Å². The highest BCUT2D eigenvalue weighted by molar-refractivity contribution is 5.76. The van der Waals surface area contributed by atoms with Gasteiger partial charge in [-0.1, -0.05) is 19.1 Å². The van der Waals surface area contributed by atoms with Crippen molar-refractivity contribution in [3.8, 4) is 0 Å².